The third-order valence-corrected chi connectivity index (χ3v) is 5.35. The highest BCUT2D eigenvalue weighted by atomic mass is 32.2. The summed E-state index contributed by atoms with van der Waals surface area (Å²) >= 11 is 1.62. The number of anilines is 1. The van der Waals surface area contributed by atoms with Gasteiger partial charge in [-0.05, 0) is 0 Å². The van der Waals surface area contributed by atoms with Crippen LogP contribution in [0, 0.1) is 0 Å². The zero-order chi connectivity index (χ0) is 13.2. The molecule has 1 fully saturated rings. The molecule has 8 heteroatoms. The number of rotatable bonds is 3. The van der Waals surface area contributed by atoms with Gasteiger partial charge in [0.1, 0.15) is 5.37 Å². The van der Waals surface area contributed by atoms with Crippen molar-refractivity contribution in [2.24, 2.45) is 0 Å². The molecule has 1 N–H and O–H groups in total. The Morgan fingerprint density at radius 2 is 2.17 bits per heavy atom. The predicted molar refractivity (Wildman–Crippen MR) is 71.3 cm³/mol. The van der Waals surface area contributed by atoms with Gasteiger partial charge < -0.3 is 10.0 Å². The molecule has 100 valence electrons. The molecule has 1 aliphatic rings. The molecule has 0 aliphatic carbocycles. The number of aliphatic hydroxyl groups excluding tert-OH is 1. The molecule has 1 atom stereocenters. The summed E-state index contributed by atoms with van der Waals surface area (Å²) in [5.41, 5.74) is 0.612. The molecule has 18 heavy (non-hydrogen) atoms. The summed E-state index contributed by atoms with van der Waals surface area (Å²) in [6.45, 7) is 0.493. The van der Waals surface area contributed by atoms with Crippen LogP contribution in [0.25, 0.3) is 0 Å². The Balaban J connectivity index is 2.28. The Morgan fingerprint density at radius 3 is 2.72 bits per heavy atom. The van der Waals surface area contributed by atoms with E-state index in [1.54, 1.807) is 16.7 Å². The number of aliphatic hydroxyl groups is 1. The first-order chi connectivity index (χ1) is 8.52. The summed E-state index contributed by atoms with van der Waals surface area (Å²) in [6.07, 6.45) is 4.27. The van der Waals surface area contributed by atoms with Crippen LogP contribution in [0.5, 0.6) is 0 Å². The van der Waals surface area contributed by atoms with E-state index in [0.717, 1.165) is 5.75 Å². The highest BCUT2D eigenvalue weighted by Crippen LogP contribution is 2.23. The minimum atomic E-state index is -3.16. The Hall–Kier alpha value is -0.860. The first-order valence-corrected chi connectivity index (χ1v) is 8.58. The molecule has 1 saturated heterocycles. The van der Waals surface area contributed by atoms with Crippen molar-refractivity contribution in [2.75, 3.05) is 29.2 Å². The van der Waals surface area contributed by atoms with Crippen molar-refractivity contribution < 1.29 is 13.5 Å². The number of nitrogens with zero attached hydrogens (tertiary/aromatic N) is 3. The lowest BCUT2D eigenvalue weighted by atomic mass is 10.4. The maximum absolute atomic E-state index is 11.7. The standard InChI is InChI=1S/C10H15N3O3S2/c1-18(15,16)9-7-17-3-2-13(9)10-11-4-8(6-14)5-12-10/h4-5,9,14H,2-3,6-7H2,1H3. The van der Waals surface area contributed by atoms with E-state index in [4.69, 9.17) is 5.11 Å². The Labute approximate surface area is 110 Å². The van der Waals surface area contributed by atoms with E-state index in [0.29, 0.717) is 23.8 Å². The lowest BCUT2D eigenvalue weighted by molar-refractivity contribution is 0.281. The molecule has 0 spiro atoms. The highest BCUT2D eigenvalue weighted by molar-refractivity contribution is 8.01. The fourth-order valence-corrected chi connectivity index (χ4v) is 4.56. The monoisotopic (exact) mass is 289 g/mol. The molecule has 2 heterocycles. The molecule has 1 aliphatic heterocycles. The van der Waals surface area contributed by atoms with Gasteiger partial charge in [0.15, 0.2) is 9.84 Å². The van der Waals surface area contributed by atoms with Crippen LogP contribution < -0.4 is 4.90 Å². The van der Waals surface area contributed by atoms with E-state index in [-0.39, 0.29) is 6.61 Å². The van der Waals surface area contributed by atoms with Gasteiger partial charge in [-0.2, -0.15) is 11.8 Å². The molecule has 1 aromatic heterocycles. The fraction of sp³-hybridized carbons (Fsp3) is 0.600. The van der Waals surface area contributed by atoms with Crippen LogP contribution in [0.2, 0.25) is 0 Å². The number of aromatic nitrogens is 2. The molecule has 0 saturated carbocycles. The summed E-state index contributed by atoms with van der Waals surface area (Å²) < 4.78 is 23.5. The third-order valence-electron chi connectivity index (χ3n) is 2.71. The van der Waals surface area contributed by atoms with E-state index < -0.39 is 15.2 Å². The van der Waals surface area contributed by atoms with Crippen LogP contribution in [0.1, 0.15) is 5.56 Å². The van der Waals surface area contributed by atoms with Gasteiger partial charge in [-0.25, -0.2) is 18.4 Å². The molecule has 1 unspecified atom stereocenters. The van der Waals surface area contributed by atoms with Gasteiger partial charge in [-0.15, -0.1) is 0 Å². The number of hydrogen-bond acceptors (Lipinski definition) is 7. The van der Waals surface area contributed by atoms with Gasteiger partial charge in [0.05, 0.1) is 6.61 Å². The van der Waals surface area contributed by atoms with Gasteiger partial charge in [-0.3, -0.25) is 0 Å². The average Bonchev–Trinajstić information content (AvgIpc) is 2.38. The molecular formula is C10H15N3O3S2. The van der Waals surface area contributed by atoms with Gasteiger partial charge >= 0.3 is 0 Å². The van der Waals surface area contributed by atoms with Crippen LogP contribution in [-0.4, -0.2) is 53.2 Å². The minimum absolute atomic E-state index is 0.119. The zero-order valence-corrected chi connectivity index (χ0v) is 11.6. The van der Waals surface area contributed by atoms with Crippen molar-refractivity contribution >= 4 is 27.5 Å². The van der Waals surface area contributed by atoms with E-state index in [2.05, 4.69) is 9.97 Å². The van der Waals surface area contributed by atoms with Crippen molar-refractivity contribution in [3.63, 3.8) is 0 Å². The topological polar surface area (TPSA) is 83.4 Å². The maximum atomic E-state index is 11.7. The second-order valence-electron chi connectivity index (χ2n) is 4.10. The van der Waals surface area contributed by atoms with Crippen LogP contribution in [0.15, 0.2) is 12.4 Å². The molecule has 0 aromatic carbocycles. The number of sulfone groups is 1. The summed E-state index contributed by atoms with van der Waals surface area (Å²) in [6, 6.07) is 0. The van der Waals surface area contributed by atoms with Crippen molar-refractivity contribution in [2.45, 2.75) is 12.0 Å². The molecule has 0 bridgehead atoms. The first-order valence-electron chi connectivity index (χ1n) is 5.47. The maximum Gasteiger partial charge on any atom is 0.226 e. The van der Waals surface area contributed by atoms with Crippen LogP contribution in [-0.2, 0) is 16.4 Å². The average molecular weight is 289 g/mol. The van der Waals surface area contributed by atoms with Crippen LogP contribution in [0.3, 0.4) is 0 Å². The summed E-state index contributed by atoms with van der Waals surface area (Å²) in [4.78, 5) is 9.95. The van der Waals surface area contributed by atoms with E-state index in [1.807, 2.05) is 0 Å². The largest absolute Gasteiger partial charge is 0.392 e. The van der Waals surface area contributed by atoms with Crippen molar-refractivity contribution in [3.8, 4) is 0 Å². The van der Waals surface area contributed by atoms with Crippen molar-refractivity contribution in [3.05, 3.63) is 18.0 Å². The molecule has 6 nitrogen and oxygen atoms in total. The molecule has 1 aromatic rings. The normalized spacial score (nSPS) is 21.0. The van der Waals surface area contributed by atoms with Crippen molar-refractivity contribution in [1.29, 1.82) is 0 Å². The van der Waals surface area contributed by atoms with Crippen molar-refractivity contribution in [1.82, 2.24) is 9.97 Å². The smallest absolute Gasteiger partial charge is 0.226 e. The summed E-state index contributed by atoms with van der Waals surface area (Å²) in [5.74, 6) is 1.80. The van der Waals surface area contributed by atoms with Gasteiger partial charge in [0, 0.05) is 42.3 Å². The fourth-order valence-electron chi connectivity index (χ4n) is 1.74. The van der Waals surface area contributed by atoms with Gasteiger partial charge in [-0.1, -0.05) is 0 Å². The quantitative estimate of drug-likeness (QED) is 0.831. The first kappa shape index (κ1) is 13.6. The molecule has 2 rings (SSSR count). The Kier molecular flexibility index (Phi) is 4.08. The number of thioether (sulfide) groups is 1. The van der Waals surface area contributed by atoms with Gasteiger partial charge in [0.2, 0.25) is 5.95 Å². The van der Waals surface area contributed by atoms with E-state index >= 15 is 0 Å². The van der Waals surface area contributed by atoms with Gasteiger partial charge in [0.25, 0.3) is 0 Å². The van der Waals surface area contributed by atoms with E-state index in [9.17, 15) is 8.42 Å². The molecular weight excluding hydrogens is 274 g/mol. The Morgan fingerprint density at radius 1 is 1.50 bits per heavy atom. The summed E-state index contributed by atoms with van der Waals surface area (Å²) in [7, 11) is -3.16. The minimum Gasteiger partial charge on any atom is -0.392 e. The Bertz CT molecular complexity index is 504. The zero-order valence-electron chi connectivity index (χ0n) is 9.98. The third kappa shape index (κ3) is 2.93. The lowest BCUT2D eigenvalue weighted by Crippen LogP contribution is -2.47. The number of hydrogen-bond donors (Lipinski definition) is 1. The molecule has 0 radical (unpaired) electrons. The SMILES string of the molecule is CS(=O)(=O)C1CSCCN1c1ncc(CO)cn1. The second-order valence-corrected chi connectivity index (χ2v) is 7.45. The van der Waals surface area contributed by atoms with Crippen LogP contribution >= 0.6 is 11.8 Å². The summed E-state index contributed by atoms with van der Waals surface area (Å²) in [5, 5.41) is 8.35. The van der Waals surface area contributed by atoms with E-state index in [1.165, 1.54) is 18.6 Å². The molecule has 0 amide bonds. The van der Waals surface area contributed by atoms with Crippen LogP contribution in [0.4, 0.5) is 5.95 Å². The highest BCUT2D eigenvalue weighted by Gasteiger charge is 2.32. The second kappa shape index (κ2) is 5.41. The lowest BCUT2D eigenvalue weighted by Gasteiger charge is -2.33. The predicted octanol–water partition coefficient (Wildman–Crippen LogP) is -0.107.